The maximum absolute atomic E-state index is 11.0. The van der Waals surface area contributed by atoms with Crippen molar-refractivity contribution in [2.24, 2.45) is 11.5 Å². The first-order valence-electron chi connectivity index (χ1n) is 5.83. The molecule has 1 aromatic carbocycles. The summed E-state index contributed by atoms with van der Waals surface area (Å²) in [5.41, 5.74) is 13.3. The molecule has 1 heterocycles. The summed E-state index contributed by atoms with van der Waals surface area (Å²) in [5.74, 6) is -0.529. The molecule has 0 bridgehead atoms. The molecule has 5 nitrogen and oxygen atoms in total. The van der Waals surface area contributed by atoms with E-state index in [-0.39, 0.29) is 11.7 Å². The molecule has 0 aliphatic rings. The molecule has 0 radical (unpaired) electrons. The van der Waals surface area contributed by atoms with Crippen LogP contribution in [0, 0.1) is 0 Å². The minimum Gasteiger partial charge on any atom is -0.364 e. The van der Waals surface area contributed by atoms with Gasteiger partial charge in [-0.15, -0.1) is 0 Å². The minimum absolute atomic E-state index is 0.0536. The van der Waals surface area contributed by atoms with Crippen molar-refractivity contribution in [2.75, 3.05) is 0 Å². The number of carbonyl (C=O) groups is 1. The van der Waals surface area contributed by atoms with Crippen LogP contribution in [0.1, 0.15) is 35.4 Å². The van der Waals surface area contributed by atoms with Gasteiger partial charge in [0.25, 0.3) is 5.91 Å². The van der Waals surface area contributed by atoms with Gasteiger partial charge < -0.3 is 11.5 Å². The summed E-state index contributed by atoms with van der Waals surface area (Å²) in [4.78, 5) is 11.0. The first-order valence-corrected chi connectivity index (χ1v) is 5.83. The molecule has 2 rings (SSSR count). The first-order chi connectivity index (χ1) is 8.61. The zero-order valence-electron chi connectivity index (χ0n) is 10.2. The molecule has 1 atom stereocenters. The lowest BCUT2D eigenvalue weighted by molar-refractivity contribution is 0.0995. The highest BCUT2D eigenvalue weighted by Crippen LogP contribution is 2.16. The maximum atomic E-state index is 11.0. The number of nitrogens with two attached hydrogens (primary N) is 2. The number of hydrogen-bond donors (Lipinski definition) is 2. The van der Waals surface area contributed by atoms with Gasteiger partial charge in [-0.25, -0.2) is 4.68 Å². The third-order valence-corrected chi connectivity index (χ3v) is 2.87. The molecular formula is C13H16N4O. The van der Waals surface area contributed by atoms with E-state index < -0.39 is 5.91 Å². The summed E-state index contributed by atoms with van der Waals surface area (Å²) < 4.78 is 1.61. The van der Waals surface area contributed by atoms with E-state index in [1.165, 1.54) is 0 Å². The van der Waals surface area contributed by atoms with E-state index in [4.69, 9.17) is 11.5 Å². The van der Waals surface area contributed by atoms with E-state index in [9.17, 15) is 4.79 Å². The third-order valence-electron chi connectivity index (χ3n) is 2.87. The van der Waals surface area contributed by atoms with Crippen molar-refractivity contribution in [2.45, 2.75) is 19.4 Å². The molecule has 0 aliphatic carbocycles. The Hall–Kier alpha value is -2.14. The number of aromatic nitrogens is 2. The van der Waals surface area contributed by atoms with E-state index in [0.29, 0.717) is 0 Å². The van der Waals surface area contributed by atoms with Crippen LogP contribution < -0.4 is 11.5 Å². The van der Waals surface area contributed by atoms with Crippen molar-refractivity contribution in [3.63, 3.8) is 0 Å². The van der Waals surface area contributed by atoms with Gasteiger partial charge in [0.2, 0.25) is 0 Å². The molecule has 0 aliphatic heterocycles. The number of carbonyl (C=O) groups excluding carboxylic acids is 1. The van der Waals surface area contributed by atoms with E-state index in [1.54, 1.807) is 16.9 Å². The van der Waals surface area contributed by atoms with E-state index in [1.807, 2.05) is 31.2 Å². The second-order valence-electron chi connectivity index (χ2n) is 4.12. The van der Waals surface area contributed by atoms with Crippen LogP contribution in [0.15, 0.2) is 36.5 Å². The molecule has 94 valence electrons. The molecule has 0 spiro atoms. The Balaban J connectivity index is 2.25. The van der Waals surface area contributed by atoms with E-state index >= 15 is 0 Å². The van der Waals surface area contributed by atoms with Crippen molar-refractivity contribution >= 4 is 5.91 Å². The average molecular weight is 244 g/mol. The van der Waals surface area contributed by atoms with Crippen LogP contribution in [0.5, 0.6) is 0 Å². The fourth-order valence-electron chi connectivity index (χ4n) is 1.71. The van der Waals surface area contributed by atoms with Crippen LogP contribution in [0.25, 0.3) is 5.69 Å². The van der Waals surface area contributed by atoms with Crippen molar-refractivity contribution in [3.8, 4) is 5.69 Å². The van der Waals surface area contributed by atoms with Gasteiger partial charge in [-0.3, -0.25) is 4.79 Å². The van der Waals surface area contributed by atoms with Crippen LogP contribution in [0.2, 0.25) is 0 Å². The normalized spacial score (nSPS) is 12.3. The van der Waals surface area contributed by atoms with Crippen molar-refractivity contribution in [3.05, 3.63) is 47.8 Å². The van der Waals surface area contributed by atoms with Crippen LogP contribution in [0.4, 0.5) is 0 Å². The number of nitrogens with zero attached hydrogens (tertiary/aromatic N) is 2. The van der Waals surface area contributed by atoms with Gasteiger partial charge in [-0.05, 0) is 30.2 Å². The molecule has 0 fully saturated rings. The molecule has 0 saturated carbocycles. The number of rotatable bonds is 4. The molecule has 1 amide bonds. The summed E-state index contributed by atoms with van der Waals surface area (Å²) in [6.45, 7) is 2.05. The summed E-state index contributed by atoms with van der Waals surface area (Å²) in [5, 5.41) is 4.09. The van der Waals surface area contributed by atoms with Gasteiger partial charge in [0, 0.05) is 12.2 Å². The highest BCUT2D eigenvalue weighted by atomic mass is 16.1. The first kappa shape index (κ1) is 12.3. The van der Waals surface area contributed by atoms with Crippen LogP contribution in [-0.4, -0.2) is 15.7 Å². The Morgan fingerprint density at radius 1 is 1.33 bits per heavy atom. The molecule has 1 aromatic heterocycles. The monoisotopic (exact) mass is 244 g/mol. The highest BCUT2D eigenvalue weighted by Gasteiger charge is 2.07. The quantitative estimate of drug-likeness (QED) is 0.851. The second-order valence-corrected chi connectivity index (χ2v) is 4.12. The van der Waals surface area contributed by atoms with Gasteiger partial charge >= 0.3 is 0 Å². The maximum Gasteiger partial charge on any atom is 0.269 e. The fourth-order valence-corrected chi connectivity index (χ4v) is 1.71. The second kappa shape index (κ2) is 5.01. The predicted molar refractivity (Wildman–Crippen MR) is 69.3 cm³/mol. The van der Waals surface area contributed by atoms with Crippen LogP contribution >= 0.6 is 0 Å². The summed E-state index contributed by atoms with van der Waals surface area (Å²) in [7, 11) is 0. The van der Waals surface area contributed by atoms with Crippen molar-refractivity contribution < 1.29 is 4.79 Å². The zero-order chi connectivity index (χ0) is 13.1. The Labute approximate surface area is 105 Å². The number of benzene rings is 1. The van der Waals surface area contributed by atoms with E-state index in [0.717, 1.165) is 17.7 Å². The molecular weight excluding hydrogens is 228 g/mol. The Morgan fingerprint density at radius 2 is 2.00 bits per heavy atom. The van der Waals surface area contributed by atoms with Crippen molar-refractivity contribution in [1.82, 2.24) is 9.78 Å². The molecule has 2 aromatic rings. The number of hydrogen-bond acceptors (Lipinski definition) is 3. The third kappa shape index (κ3) is 2.41. The van der Waals surface area contributed by atoms with Gasteiger partial charge in [0.15, 0.2) is 0 Å². The van der Waals surface area contributed by atoms with Crippen LogP contribution in [0.3, 0.4) is 0 Å². The van der Waals surface area contributed by atoms with Gasteiger partial charge in [-0.1, -0.05) is 19.1 Å². The average Bonchev–Trinajstić information content (AvgIpc) is 2.88. The Kier molecular flexibility index (Phi) is 3.43. The molecule has 4 N–H and O–H groups in total. The summed E-state index contributed by atoms with van der Waals surface area (Å²) in [6.07, 6.45) is 2.60. The van der Waals surface area contributed by atoms with Crippen LogP contribution in [-0.2, 0) is 0 Å². The van der Waals surface area contributed by atoms with Gasteiger partial charge in [0.05, 0.1) is 5.69 Å². The van der Waals surface area contributed by atoms with E-state index in [2.05, 4.69) is 5.10 Å². The Bertz CT molecular complexity index is 544. The van der Waals surface area contributed by atoms with Gasteiger partial charge in [0.1, 0.15) is 5.69 Å². The molecule has 5 heteroatoms. The largest absolute Gasteiger partial charge is 0.364 e. The van der Waals surface area contributed by atoms with Crippen molar-refractivity contribution in [1.29, 1.82) is 0 Å². The minimum atomic E-state index is -0.529. The Morgan fingerprint density at radius 3 is 2.50 bits per heavy atom. The SMILES string of the molecule is CCC(N)c1ccc(-n2ccc(C(N)=O)n2)cc1. The smallest absolute Gasteiger partial charge is 0.269 e. The lowest BCUT2D eigenvalue weighted by Gasteiger charge is -2.09. The predicted octanol–water partition coefficient (Wildman–Crippen LogP) is 1.38. The molecule has 0 saturated heterocycles. The number of primary amides is 1. The highest BCUT2D eigenvalue weighted by molar-refractivity contribution is 5.90. The summed E-state index contributed by atoms with van der Waals surface area (Å²) >= 11 is 0. The topological polar surface area (TPSA) is 86.9 Å². The molecule has 18 heavy (non-hydrogen) atoms. The lowest BCUT2D eigenvalue weighted by atomic mass is 10.1. The summed E-state index contributed by atoms with van der Waals surface area (Å²) in [6, 6.07) is 9.42. The van der Waals surface area contributed by atoms with Gasteiger partial charge in [-0.2, -0.15) is 5.10 Å². The fraction of sp³-hybridized carbons (Fsp3) is 0.231. The lowest BCUT2D eigenvalue weighted by Crippen LogP contribution is -2.12. The number of amides is 1. The standard InChI is InChI=1S/C13H16N4O/c1-2-11(14)9-3-5-10(6-4-9)17-8-7-12(16-17)13(15)18/h3-8,11H,2,14H2,1H3,(H2,15,18). The molecule has 1 unspecified atom stereocenters. The zero-order valence-corrected chi connectivity index (χ0v) is 10.2.